The van der Waals surface area contributed by atoms with E-state index in [1.807, 2.05) is 43.7 Å². The first-order valence-electron chi connectivity index (χ1n) is 10.1. The third kappa shape index (κ3) is 5.19. The molecule has 1 aromatic heterocycles. The molecular formula is C21H28ClN5O3. The molecule has 2 amide bonds. The van der Waals surface area contributed by atoms with Crippen LogP contribution in [-0.2, 0) is 27.9 Å². The highest BCUT2D eigenvalue weighted by Gasteiger charge is 2.34. The number of carbonyl (C=O) groups is 2. The fourth-order valence-corrected chi connectivity index (χ4v) is 4.02. The van der Waals surface area contributed by atoms with Gasteiger partial charge < -0.3 is 20.7 Å². The lowest BCUT2D eigenvalue weighted by Gasteiger charge is -2.17. The number of halogens is 1. The fourth-order valence-electron chi connectivity index (χ4n) is 4.02. The summed E-state index contributed by atoms with van der Waals surface area (Å²) in [4.78, 5) is 25.0. The van der Waals surface area contributed by atoms with Crippen LogP contribution in [0.1, 0.15) is 29.9 Å². The van der Waals surface area contributed by atoms with Crippen molar-refractivity contribution in [2.75, 3.05) is 25.0 Å². The Bertz CT molecular complexity index is 881. The molecule has 0 aliphatic carbocycles. The van der Waals surface area contributed by atoms with Gasteiger partial charge in [-0.25, -0.2) is 0 Å². The van der Waals surface area contributed by atoms with Gasteiger partial charge in [0.2, 0.25) is 5.91 Å². The number of amides is 2. The van der Waals surface area contributed by atoms with Gasteiger partial charge >= 0.3 is 0 Å². The molecular weight excluding hydrogens is 406 g/mol. The third-order valence-electron chi connectivity index (χ3n) is 5.59. The number of nitrogens with zero attached hydrogens (tertiary/aromatic N) is 2. The second-order valence-corrected chi connectivity index (χ2v) is 7.73. The Morgan fingerprint density at radius 2 is 2.17 bits per heavy atom. The predicted octanol–water partition coefficient (Wildman–Crippen LogP) is 1.58. The molecule has 3 N–H and O–H groups in total. The van der Waals surface area contributed by atoms with Crippen LogP contribution in [0.3, 0.4) is 0 Å². The van der Waals surface area contributed by atoms with Crippen LogP contribution in [0.15, 0.2) is 36.7 Å². The Balaban J connectivity index is 0.00000256. The average Bonchev–Trinajstić information content (AvgIpc) is 3.47. The molecule has 8 nitrogen and oxygen atoms in total. The third-order valence-corrected chi connectivity index (χ3v) is 5.59. The fraction of sp³-hybridized carbons (Fsp3) is 0.476. The zero-order valence-corrected chi connectivity index (χ0v) is 17.8. The maximum absolute atomic E-state index is 12.8. The highest BCUT2D eigenvalue weighted by atomic mass is 35.5. The van der Waals surface area contributed by atoms with Crippen molar-refractivity contribution in [1.29, 1.82) is 0 Å². The Hall–Kier alpha value is -2.42. The second kappa shape index (κ2) is 10.1. The lowest BCUT2D eigenvalue weighted by Crippen LogP contribution is -2.34. The average molecular weight is 434 g/mol. The van der Waals surface area contributed by atoms with Crippen LogP contribution >= 0.6 is 12.4 Å². The monoisotopic (exact) mass is 433 g/mol. The zero-order chi connectivity index (χ0) is 20.2. The van der Waals surface area contributed by atoms with Gasteiger partial charge in [0, 0.05) is 51.1 Å². The van der Waals surface area contributed by atoms with Crippen LogP contribution in [-0.4, -0.2) is 47.4 Å². The molecule has 1 aromatic carbocycles. The van der Waals surface area contributed by atoms with Crippen LogP contribution in [0.5, 0.6) is 0 Å². The van der Waals surface area contributed by atoms with Gasteiger partial charge in [0.1, 0.15) is 6.10 Å². The number of ether oxygens (including phenoxy) is 1. The van der Waals surface area contributed by atoms with Crippen molar-refractivity contribution in [2.45, 2.75) is 31.4 Å². The van der Waals surface area contributed by atoms with E-state index < -0.39 is 0 Å². The highest BCUT2D eigenvalue weighted by Crippen LogP contribution is 2.28. The van der Waals surface area contributed by atoms with Crippen LogP contribution in [0.4, 0.5) is 5.69 Å². The molecule has 162 valence electrons. The van der Waals surface area contributed by atoms with Gasteiger partial charge in [-0.2, -0.15) is 5.10 Å². The van der Waals surface area contributed by atoms with Gasteiger partial charge in [0.05, 0.1) is 12.1 Å². The molecule has 4 rings (SSSR count). The predicted molar refractivity (Wildman–Crippen MR) is 115 cm³/mol. The molecule has 3 heterocycles. The van der Waals surface area contributed by atoms with Crippen molar-refractivity contribution < 1.29 is 14.3 Å². The molecule has 0 saturated carbocycles. The molecule has 2 aliphatic rings. The molecule has 2 fully saturated rings. The van der Waals surface area contributed by atoms with E-state index in [-0.39, 0.29) is 42.2 Å². The van der Waals surface area contributed by atoms with Gasteiger partial charge in [-0.3, -0.25) is 14.3 Å². The van der Waals surface area contributed by atoms with Crippen LogP contribution < -0.4 is 16.0 Å². The largest absolute Gasteiger partial charge is 0.368 e. The van der Waals surface area contributed by atoms with E-state index >= 15 is 0 Å². The minimum Gasteiger partial charge on any atom is -0.368 e. The summed E-state index contributed by atoms with van der Waals surface area (Å²) >= 11 is 0. The normalized spacial score (nSPS) is 23.0. The Labute approximate surface area is 182 Å². The van der Waals surface area contributed by atoms with E-state index in [0.29, 0.717) is 25.4 Å². The van der Waals surface area contributed by atoms with Gasteiger partial charge in [-0.15, -0.1) is 12.4 Å². The maximum Gasteiger partial charge on any atom is 0.253 e. The molecule has 0 radical (unpaired) electrons. The van der Waals surface area contributed by atoms with Crippen LogP contribution in [0.25, 0.3) is 0 Å². The lowest BCUT2D eigenvalue weighted by molar-refractivity contribution is -0.125. The van der Waals surface area contributed by atoms with Gasteiger partial charge in [-0.05, 0) is 36.1 Å². The smallest absolute Gasteiger partial charge is 0.253 e. The summed E-state index contributed by atoms with van der Waals surface area (Å²) in [5.41, 5.74) is 2.73. The number of benzene rings is 1. The van der Waals surface area contributed by atoms with Gasteiger partial charge in [0.15, 0.2) is 0 Å². The quantitative estimate of drug-likeness (QED) is 0.642. The second-order valence-electron chi connectivity index (χ2n) is 7.73. The number of nitrogens with one attached hydrogen (secondary N) is 3. The topological polar surface area (TPSA) is 97.3 Å². The van der Waals surface area contributed by atoms with Gasteiger partial charge in [-0.1, -0.05) is 12.1 Å². The van der Waals surface area contributed by atoms with E-state index in [1.54, 1.807) is 4.68 Å². The molecule has 2 saturated heterocycles. The van der Waals surface area contributed by atoms with Crippen LogP contribution in [0, 0.1) is 5.92 Å². The SMILES string of the molecule is Cl.Cn1cc([C@H]2CNC[C@@H]2C(=O)NCc2cccc(NC(=O)C3CCCO3)c2)cn1. The Kier molecular flexibility index (Phi) is 7.47. The van der Waals surface area contributed by atoms with Crippen molar-refractivity contribution >= 4 is 29.9 Å². The van der Waals surface area contributed by atoms with E-state index in [2.05, 4.69) is 21.0 Å². The number of anilines is 1. The molecule has 9 heteroatoms. The first-order chi connectivity index (χ1) is 14.1. The first-order valence-corrected chi connectivity index (χ1v) is 10.1. The summed E-state index contributed by atoms with van der Waals surface area (Å²) in [7, 11) is 1.88. The summed E-state index contributed by atoms with van der Waals surface area (Å²) < 4.78 is 7.18. The summed E-state index contributed by atoms with van der Waals surface area (Å²) in [5, 5.41) is 13.5. The Morgan fingerprint density at radius 3 is 2.90 bits per heavy atom. The Morgan fingerprint density at radius 1 is 1.30 bits per heavy atom. The van der Waals surface area contributed by atoms with Crippen LogP contribution in [0.2, 0.25) is 0 Å². The number of carbonyl (C=O) groups excluding carboxylic acids is 2. The van der Waals surface area contributed by atoms with Gasteiger partial charge in [0.25, 0.3) is 5.91 Å². The number of hydrogen-bond acceptors (Lipinski definition) is 5. The molecule has 30 heavy (non-hydrogen) atoms. The molecule has 2 aliphatic heterocycles. The summed E-state index contributed by atoms with van der Waals surface area (Å²) in [6.45, 7) is 2.48. The minimum absolute atomic E-state index is 0. The summed E-state index contributed by atoms with van der Waals surface area (Å²) in [5.74, 6) is -0.0833. The van der Waals surface area contributed by atoms with E-state index in [9.17, 15) is 9.59 Å². The van der Waals surface area contributed by atoms with E-state index in [0.717, 1.165) is 30.5 Å². The molecule has 0 bridgehead atoms. The lowest BCUT2D eigenvalue weighted by atomic mass is 9.90. The summed E-state index contributed by atoms with van der Waals surface area (Å²) in [6, 6.07) is 7.55. The number of rotatable bonds is 6. The van der Waals surface area contributed by atoms with Crippen molar-refractivity contribution in [3.8, 4) is 0 Å². The standard InChI is InChI=1S/C21H27N5O3.ClH/c1-26-13-15(10-24-26)17-11-22-12-18(17)20(27)23-9-14-4-2-5-16(8-14)25-21(28)19-6-3-7-29-19;/h2,4-5,8,10,13,17-19,22H,3,6-7,9,11-12H2,1H3,(H,23,27)(H,25,28);1H/t17-,18+,19?;/m1./s1. The number of hydrogen-bond donors (Lipinski definition) is 3. The molecule has 1 unspecified atom stereocenters. The first kappa shape index (κ1) is 22.3. The zero-order valence-electron chi connectivity index (χ0n) is 17.0. The van der Waals surface area contributed by atoms with Crippen molar-refractivity contribution in [3.63, 3.8) is 0 Å². The maximum atomic E-state index is 12.8. The highest BCUT2D eigenvalue weighted by molar-refractivity contribution is 5.94. The molecule has 0 spiro atoms. The molecule has 2 aromatic rings. The van der Waals surface area contributed by atoms with Crippen molar-refractivity contribution in [2.24, 2.45) is 13.0 Å². The van der Waals surface area contributed by atoms with Crippen molar-refractivity contribution in [1.82, 2.24) is 20.4 Å². The minimum atomic E-state index is -0.363. The van der Waals surface area contributed by atoms with E-state index in [1.165, 1.54) is 0 Å². The van der Waals surface area contributed by atoms with Crippen molar-refractivity contribution in [3.05, 3.63) is 47.8 Å². The number of aromatic nitrogens is 2. The molecule has 3 atom stereocenters. The van der Waals surface area contributed by atoms with E-state index in [4.69, 9.17) is 4.74 Å². The number of aryl methyl sites for hydroxylation is 1. The summed E-state index contributed by atoms with van der Waals surface area (Å²) in [6.07, 6.45) is 5.11.